The standard InChI is InChI=1S/C11H21N3O2S/c1-5-14-10(6-9(2)13-14)7-17(15,16)8-11(3,4)12/h6H,5,7-8,12H2,1-4H3. The maximum absolute atomic E-state index is 12.0. The van der Waals surface area contributed by atoms with Crippen molar-refractivity contribution >= 4 is 9.84 Å². The zero-order chi connectivity index (χ0) is 13.3. The van der Waals surface area contributed by atoms with Gasteiger partial charge in [0.2, 0.25) is 0 Å². The van der Waals surface area contributed by atoms with Crippen molar-refractivity contribution in [3.8, 4) is 0 Å². The minimum absolute atomic E-state index is 0.00229. The molecule has 6 heteroatoms. The third-order valence-electron chi connectivity index (χ3n) is 2.24. The zero-order valence-electron chi connectivity index (χ0n) is 10.9. The van der Waals surface area contributed by atoms with Crippen LogP contribution in [0, 0.1) is 6.92 Å². The average Bonchev–Trinajstić information content (AvgIpc) is 2.40. The summed E-state index contributed by atoms with van der Waals surface area (Å²) in [6.45, 7) is 7.90. The van der Waals surface area contributed by atoms with Crippen LogP contribution < -0.4 is 5.73 Å². The lowest BCUT2D eigenvalue weighted by Gasteiger charge is -2.18. The number of rotatable bonds is 5. The second-order valence-electron chi connectivity index (χ2n) is 5.11. The van der Waals surface area contributed by atoms with Gasteiger partial charge in [0, 0.05) is 12.1 Å². The molecule has 0 amide bonds. The first-order valence-corrected chi connectivity index (χ1v) is 7.48. The van der Waals surface area contributed by atoms with Gasteiger partial charge in [-0.25, -0.2) is 8.42 Å². The van der Waals surface area contributed by atoms with Gasteiger partial charge in [-0.2, -0.15) is 5.10 Å². The molecule has 5 nitrogen and oxygen atoms in total. The van der Waals surface area contributed by atoms with E-state index in [0.29, 0.717) is 6.54 Å². The fraction of sp³-hybridized carbons (Fsp3) is 0.727. The van der Waals surface area contributed by atoms with Crippen molar-refractivity contribution in [1.82, 2.24) is 9.78 Å². The summed E-state index contributed by atoms with van der Waals surface area (Å²) in [5.74, 6) is -0.0176. The van der Waals surface area contributed by atoms with E-state index < -0.39 is 15.4 Å². The van der Waals surface area contributed by atoms with Crippen molar-refractivity contribution < 1.29 is 8.42 Å². The molecule has 1 rings (SSSR count). The van der Waals surface area contributed by atoms with E-state index >= 15 is 0 Å². The molecule has 0 aliphatic rings. The monoisotopic (exact) mass is 259 g/mol. The Bertz CT molecular complexity index is 483. The number of hydrogen-bond acceptors (Lipinski definition) is 4. The summed E-state index contributed by atoms with van der Waals surface area (Å²) >= 11 is 0. The van der Waals surface area contributed by atoms with Crippen LogP contribution in [0.3, 0.4) is 0 Å². The predicted molar refractivity (Wildman–Crippen MR) is 68.4 cm³/mol. The van der Waals surface area contributed by atoms with Crippen LogP contribution in [0.1, 0.15) is 32.2 Å². The van der Waals surface area contributed by atoms with Crippen LogP contribution in [-0.4, -0.2) is 29.5 Å². The van der Waals surface area contributed by atoms with Crippen molar-refractivity contribution in [2.75, 3.05) is 5.75 Å². The molecule has 0 unspecified atom stereocenters. The first-order chi connectivity index (χ1) is 7.63. The molecule has 0 bridgehead atoms. The molecule has 2 N–H and O–H groups in total. The molecule has 0 saturated heterocycles. The molecule has 0 aliphatic heterocycles. The number of hydrogen-bond donors (Lipinski definition) is 1. The fourth-order valence-corrected chi connectivity index (χ4v) is 3.75. The topological polar surface area (TPSA) is 78.0 Å². The molecule has 0 radical (unpaired) electrons. The average molecular weight is 259 g/mol. The van der Waals surface area contributed by atoms with Crippen molar-refractivity contribution in [3.05, 3.63) is 17.5 Å². The van der Waals surface area contributed by atoms with Crippen LogP contribution >= 0.6 is 0 Å². The van der Waals surface area contributed by atoms with Crippen LogP contribution in [0.5, 0.6) is 0 Å². The van der Waals surface area contributed by atoms with E-state index in [-0.39, 0.29) is 11.5 Å². The highest BCUT2D eigenvalue weighted by Crippen LogP contribution is 2.12. The molecule has 0 spiro atoms. The smallest absolute Gasteiger partial charge is 0.157 e. The molecule has 0 aliphatic carbocycles. The summed E-state index contributed by atoms with van der Waals surface area (Å²) in [6, 6.07) is 1.81. The van der Waals surface area contributed by atoms with E-state index in [1.54, 1.807) is 18.5 Å². The maximum Gasteiger partial charge on any atom is 0.157 e. The Kier molecular flexibility index (Phi) is 3.99. The van der Waals surface area contributed by atoms with E-state index in [0.717, 1.165) is 11.4 Å². The summed E-state index contributed by atoms with van der Waals surface area (Å²) in [5.41, 5.74) is 6.61. The summed E-state index contributed by atoms with van der Waals surface area (Å²) in [5, 5.41) is 4.23. The van der Waals surface area contributed by atoms with Gasteiger partial charge in [0.05, 0.1) is 22.9 Å². The zero-order valence-corrected chi connectivity index (χ0v) is 11.7. The summed E-state index contributed by atoms with van der Waals surface area (Å²) < 4.78 is 25.7. The van der Waals surface area contributed by atoms with Crippen LogP contribution in [0.15, 0.2) is 6.07 Å². The van der Waals surface area contributed by atoms with E-state index in [1.165, 1.54) is 0 Å². The highest BCUT2D eigenvalue weighted by Gasteiger charge is 2.23. The summed E-state index contributed by atoms with van der Waals surface area (Å²) in [4.78, 5) is 0. The first-order valence-electron chi connectivity index (χ1n) is 5.65. The second kappa shape index (κ2) is 4.78. The minimum atomic E-state index is -3.20. The maximum atomic E-state index is 12.0. The van der Waals surface area contributed by atoms with Crippen LogP contribution in [0.25, 0.3) is 0 Å². The Morgan fingerprint density at radius 1 is 1.47 bits per heavy atom. The Labute approximate surface area is 103 Å². The minimum Gasteiger partial charge on any atom is -0.325 e. The molecule has 0 atom stereocenters. The van der Waals surface area contributed by atoms with Crippen molar-refractivity contribution in [3.63, 3.8) is 0 Å². The predicted octanol–water partition coefficient (Wildman–Crippen LogP) is 0.864. The Morgan fingerprint density at radius 3 is 2.53 bits per heavy atom. The van der Waals surface area contributed by atoms with Gasteiger partial charge in [0.15, 0.2) is 9.84 Å². The van der Waals surface area contributed by atoms with Gasteiger partial charge in [0.1, 0.15) is 0 Å². The highest BCUT2D eigenvalue weighted by molar-refractivity contribution is 7.90. The van der Waals surface area contributed by atoms with Gasteiger partial charge in [-0.05, 0) is 33.8 Å². The lowest BCUT2D eigenvalue weighted by molar-refractivity contribution is 0.540. The van der Waals surface area contributed by atoms with Gasteiger partial charge in [0.25, 0.3) is 0 Å². The molecule has 0 aromatic carbocycles. The van der Waals surface area contributed by atoms with Gasteiger partial charge in [-0.15, -0.1) is 0 Å². The lowest BCUT2D eigenvalue weighted by Crippen LogP contribution is -2.40. The molecule has 1 aromatic heterocycles. The molecule has 17 heavy (non-hydrogen) atoms. The first kappa shape index (κ1) is 14.2. The molecular weight excluding hydrogens is 238 g/mol. The van der Waals surface area contributed by atoms with E-state index in [4.69, 9.17) is 5.73 Å². The SMILES string of the molecule is CCn1nc(C)cc1CS(=O)(=O)CC(C)(C)N. The molecule has 1 aromatic rings. The fourth-order valence-electron chi connectivity index (χ4n) is 1.83. The number of nitrogens with zero attached hydrogens (tertiary/aromatic N) is 2. The Hall–Kier alpha value is -0.880. The van der Waals surface area contributed by atoms with Gasteiger partial charge >= 0.3 is 0 Å². The van der Waals surface area contributed by atoms with E-state index in [9.17, 15) is 8.42 Å². The number of nitrogens with two attached hydrogens (primary N) is 1. The number of aryl methyl sites for hydroxylation is 2. The third kappa shape index (κ3) is 4.47. The van der Waals surface area contributed by atoms with Gasteiger partial charge < -0.3 is 5.73 Å². The van der Waals surface area contributed by atoms with Gasteiger partial charge in [-0.1, -0.05) is 0 Å². The van der Waals surface area contributed by atoms with Crippen molar-refractivity contribution in [1.29, 1.82) is 0 Å². The van der Waals surface area contributed by atoms with Crippen molar-refractivity contribution in [2.45, 2.75) is 45.5 Å². The largest absolute Gasteiger partial charge is 0.325 e. The van der Waals surface area contributed by atoms with Crippen molar-refractivity contribution in [2.24, 2.45) is 5.73 Å². The molecular formula is C11H21N3O2S. The normalized spacial score (nSPS) is 13.0. The molecule has 0 fully saturated rings. The van der Waals surface area contributed by atoms with Crippen LogP contribution in [0.4, 0.5) is 0 Å². The molecule has 98 valence electrons. The second-order valence-corrected chi connectivity index (χ2v) is 7.18. The van der Waals surface area contributed by atoms with Crippen LogP contribution in [-0.2, 0) is 22.1 Å². The van der Waals surface area contributed by atoms with E-state index in [2.05, 4.69) is 5.10 Å². The lowest BCUT2D eigenvalue weighted by atomic mass is 10.1. The number of sulfone groups is 1. The Morgan fingerprint density at radius 2 is 2.06 bits per heavy atom. The summed E-state index contributed by atoms with van der Waals surface area (Å²) in [6.07, 6.45) is 0. The Balaban J connectivity index is 2.90. The molecule has 0 saturated carbocycles. The molecule has 1 heterocycles. The number of aromatic nitrogens is 2. The quantitative estimate of drug-likeness (QED) is 0.851. The highest BCUT2D eigenvalue weighted by atomic mass is 32.2. The van der Waals surface area contributed by atoms with Gasteiger partial charge in [-0.3, -0.25) is 4.68 Å². The van der Waals surface area contributed by atoms with E-state index in [1.807, 2.05) is 19.9 Å². The van der Waals surface area contributed by atoms with Crippen LogP contribution in [0.2, 0.25) is 0 Å². The third-order valence-corrected chi connectivity index (χ3v) is 4.16. The summed E-state index contributed by atoms with van der Waals surface area (Å²) in [7, 11) is -3.20.